The minimum atomic E-state index is -0.355. The molecule has 6 nitrogen and oxygen atoms in total. The number of carbonyl (C=O) groups is 2. The molecule has 2 aromatic carbocycles. The summed E-state index contributed by atoms with van der Waals surface area (Å²) >= 11 is 1.37. The van der Waals surface area contributed by atoms with E-state index >= 15 is 0 Å². The van der Waals surface area contributed by atoms with Crippen LogP contribution in [-0.4, -0.2) is 39.5 Å². The Kier molecular flexibility index (Phi) is 5.90. The van der Waals surface area contributed by atoms with Gasteiger partial charge in [-0.15, -0.1) is 10.2 Å². The standard InChI is InChI=1S/C23H24N4O2S/c1-15(2)27-14-18(13-19(27)28)21(29)24-23-26-25-22(30-23)20(16-9-5-3-6-10-16)17-11-7-4-8-12-17/h3-12,15,18,20H,13-14H2,1-2H3,(H,24,26,29)/t18-/m1/s1. The van der Waals surface area contributed by atoms with E-state index in [1.807, 2.05) is 50.2 Å². The van der Waals surface area contributed by atoms with Gasteiger partial charge in [-0.2, -0.15) is 0 Å². The van der Waals surface area contributed by atoms with Gasteiger partial charge >= 0.3 is 0 Å². The van der Waals surface area contributed by atoms with E-state index in [2.05, 4.69) is 39.8 Å². The van der Waals surface area contributed by atoms with Crippen molar-refractivity contribution in [2.45, 2.75) is 32.2 Å². The molecular formula is C23H24N4O2S. The van der Waals surface area contributed by atoms with Crippen molar-refractivity contribution in [3.63, 3.8) is 0 Å². The zero-order valence-corrected chi connectivity index (χ0v) is 17.8. The highest BCUT2D eigenvalue weighted by molar-refractivity contribution is 7.15. The number of hydrogen-bond acceptors (Lipinski definition) is 5. The Hall–Kier alpha value is -3.06. The first kappa shape index (κ1) is 20.2. The molecular weight excluding hydrogens is 396 g/mol. The first-order chi connectivity index (χ1) is 14.5. The van der Waals surface area contributed by atoms with Crippen LogP contribution in [-0.2, 0) is 9.59 Å². The SMILES string of the molecule is CC(C)N1C[C@H](C(=O)Nc2nnc(C(c3ccccc3)c3ccccc3)s2)CC1=O. The summed E-state index contributed by atoms with van der Waals surface area (Å²) in [6.07, 6.45) is 0.242. The summed E-state index contributed by atoms with van der Waals surface area (Å²) in [6.45, 7) is 4.37. The van der Waals surface area contributed by atoms with E-state index in [0.29, 0.717) is 11.7 Å². The Morgan fingerprint density at radius 3 is 2.17 bits per heavy atom. The molecule has 1 fully saturated rings. The van der Waals surface area contributed by atoms with Crippen molar-refractivity contribution in [2.75, 3.05) is 11.9 Å². The zero-order valence-electron chi connectivity index (χ0n) is 17.0. The van der Waals surface area contributed by atoms with Crippen LogP contribution in [0.15, 0.2) is 60.7 Å². The van der Waals surface area contributed by atoms with Crippen molar-refractivity contribution in [3.8, 4) is 0 Å². The predicted octanol–water partition coefficient (Wildman–Crippen LogP) is 3.91. The summed E-state index contributed by atoms with van der Waals surface area (Å²) in [5, 5.41) is 12.7. The van der Waals surface area contributed by atoms with Crippen molar-refractivity contribution < 1.29 is 9.59 Å². The molecule has 30 heavy (non-hydrogen) atoms. The molecule has 4 rings (SSSR count). The number of carbonyl (C=O) groups excluding carboxylic acids is 2. The lowest BCUT2D eigenvalue weighted by molar-refractivity contribution is -0.129. The number of benzene rings is 2. The Morgan fingerprint density at radius 2 is 1.63 bits per heavy atom. The number of aromatic nitrogens is 2. The minimum Gasteiger partial charge on any atom is -0.339 e. The summed E-state index contributed by atoms with van der Waals surface area (Å²) in [6, 6.07) is 20.4. The van der Waals surface area contributed by atoms with E-state index in [1.54, 1.807) is 4.90 Å². The molecule has 2 amide bonds. The molecule has 0 spiro atoms. The molecule has 0 unspecified atom stereocenters. The maximum Gasteiger partial charge on any atom is 0.231 e. The maximum atomic E-state index is 12.7. The van der Waals surface area contributed by atoms with Gasteiger partial charge in [0.15, 0.2) is 0 Å². The molecule has 1 saturated heterocycles. The number of rotatable bonds is 6. The van der Waals surface area contributed by atoms with Crippen molar-refractivity contribution in [3.05, 3.63) is 76.8 Å². The van der Waals surface area contributed by atoms with Crippen LogP contribution in [0.4, 0.5) is 5.13 Å². The first-order valence-electron chi connectivity index (χ1n) is 10.1. The van der Waals surface area contributed by atoms with Crippen LogP contribution in [0, 0.1) is 5.92 Å². The molecule has 3 aromatic rings. The van der Waals surface area contributed by atoms with Crippen LogP contribution in [0.3, 0.4) is 0 Å². The monoisotopic (exact) mass is 420 g/mol. The lowest BCUT2D eigenvalue weighted by Gasteiger charge is -2.20. The highest BCUT2D eigenvalue weighted by Gasteiger charge is 2.36. The van der Waals surface area contributed by atoms with Crippen LogP contribution in [0.2, 0.25) is 0 Å². The second kappa shape index (κ2) is 8.75. The van der Waals surface area contributed by atoms with E-state index < -0.39 is 0 Å². The fourth-order valence-electron chi connectivity index (χ4n) is 3.78. The predicted molar refractivity (Wildman–Crippen MR) is 117 cm³/mol. The number of likely N-dealkylation sites (tertiary alicyclic amines) is 1. The lowest BCUT2D eigenvalue weighted by Crippen LogP contribution is -2.33. The fraction of sp³-hybridized carbons (Fsp3) is 0.304. The number of nitrogens with one attached hydrogen (secondary N) is 1. The topological polar surface area (TPSA) is 75.2 Å². The molecule has 1 aliphatic heterocycles. The third-order valence-electron chi connectivity index (χ3n) is 5.34. The van der Waals surface area contributed by atoms with Crippen molar-refractivity contribution in [1.29, 1.82) is 0 Å². The lowest BCUT2D eigenvalue weighted by atomic mass is 9.92. The quantitative estimate of drug-likeness (QED) is 0.656. The number of anilines is 1. The van der Waals surface area contributed by atoms with Crippen LogP contribution in [0.1, 0.15) is 42.3 Å². The van der Waals surface area contributed by atoms with Gasteiger partial charge in [0.1, 0.15) is 5.01 Å². The van der Waals surface area contributed by atoms with Crippen molar-refractivity contribution >= 4 is 28.3 Å². The molecule has 154 valence electrons. The Bertz CT molecular complexity index is 980. The van der Waals surface area contributed by atoms with Gasteiger partial charge in [-0.3, -0.25) is 9.59 Å². The van der Waals surface area contributed by atoms with Crippen LogP contribution in [0.25, 0.3) is 0 Å². The molecule has 0 saturated carbocycles. The molecule has 0 aliphatic carbocycles. The number of amides is 2. The van der Waals surface area contributed by atoms with E-state index in [1.165, 1.54) is 11.3 Å². The third kappa shape index (κ3) is 4.26. The van der Waals surface area contributed by atoms with Crippen molar-refractivity contribution in [2.24, 2.45) is 5.92 Å². The summed E-state index contributed by atoms with van der Waals surface area (Å²) < 4.78 is 0. The summed E-state index contributed by atoms with van der Waals surface area (Å²) in [7, 11) is 0. The van der Waals surface area contributed by atoms with Gasteiger partial charge in [0.05, 0.1) is 11.8 Å². The normalized spacial score (nSPS) is 16.5. The van der Waals surface area contributed by atoms with Gasteiger partial charge < -0.3 is 10.2 Å². The van der Waals surface area contributed by atoms with Gasteiger partial charge in [0.25, 0.3) is 0 Å². The maximum absolute atomic E-state index is 12.7. The second-order valence-electron chi connectivity index (χ2n) is 7.73. The van der Waals surface area contributed by atoms with Gasteiger partial charge in [-0.25, -0.2) is 0 Å². The van der Waals surface area contributed by atoms with E-state index in [9.17, 15) is 9.59 Å². The van der Waals surface area contributed by atoms with Crippen molar-refractivity contribution in [1.82, 2.24) is 15.1 Å². The van der Waals surface area contributed by atoms with Gasteiger partial charge in [0.2, 0.25) is 16.9 Å². The average Bonchev–Trinajstić information content (AvgIpc) is 3.36. The number of hydrogen-bond donors (Lipinski definition) is 1. The first-order valence-corrected chi connectivity index (χ1v) is 10.9. The molecule has 1 aromatic heterocycles. The van der Waals surface area contributed by atoms with Crippen LogP contribution < -0.4 is 5.32 Å². The fourth-order valence-corrected chi connectivity index (χ4v) is 4.69. The van der Waals surface area contributed by atoms with Crippen LogP contribution >= 0.6 is 11.3 Å². The van der Waals surface area contributed by atoms with E-state index in [-0.39, 0.29) is 36.1 Å². The Morgan fingerprint density at radius 1 is 1.03 bits per heavy atom. The van der Waals surface area contributed by atoms with E-state index in [0.717, 1.165) is 16.1 Å². The highest BCUT2D eigenvalue weighted by Crippen LogP contribution is 2.35. The summed E-state index contributed by atoms with van der Waals surface area (Å²) in [4.78, 5) is 26.6. The molecule has 1 aliphatic rings. The molecule has 2 heterocycles. The summed E-state index contributed by atoms with van der Waals surface area (Å²) in [5.74, 6) is -0.562. The highest BCUT2D eigenvalue weighted by atomic mass is 32.1. The zero-order chi connectivity index (χ0) is 21.1. The van der Waals surface area contributed by atoms with Gasteiger partial charge in [0, 0.05) is 19.0 Å². The molecule has 1 N–H and O–H groups in total. The summed E-state index contributed by atoms with van der Waals surface area (Å²) in [5.41, 5.74) is 2.23. The largest absolute Gasteiger partial charge is 0.339 e. The van der Waals surface area contributed by atoms with Gasteiger partial charge in [-0.05, 0) is 25.0 Å². The number of nitrogens with zero attached hydrogens (tertiary/aromatic N) is 3. The molecule has 1 atom stereocenters. The average molecular weight is 421 g/mol. The van der Waals surface area contributed by atoms with Crippen LogP contribution in [0.5, 0.6) is 0 Å². The smallest absolute Gasteiger partial charge is 0.231 e. The van der Waals surface area contributed by atoms with E-state index in [4.69, 9.17) is 0 Å². The Balaban J connectivity index is 1.54. The Labute approximate surface area is 180 Å². The second-order valence-corrected chi connectivity index (χ2v) is 8.74. The molecule has 7 heteroatoms. The molecule has 0 radical (unpaired) electrons. The third-order valence-corrected chi connectivity index (χ3v) is 6.24. The molecule has 0 bridgehead atoms. The van der Waals surface area contributed by atoms with Gasteiger partial charge in [-0.1, -0.05) is 72.0 Å². The minimum absolute atomic E-state index is 0.0244.